The lowest BCUT2D eigenvalue weighted by atomic mass is 9.80. The van der Waals surface area contributed by atoms with Crippen LogP contribution < -0.4 is 9.80 Å². The number of hydrogen-bond donors (Lipinski definition) is 0. The van der Waals surface area contributed by atoms with E-state index in [1.54, 1.807) is 64.2 Å². The summed E-state index contributed by atoms with van der Waals surface area (Å²) in [6.07, 6.45) is 1.44. The van der Waals surface area contributed by atoms with Crippen LogP contribution in [0.1, 0.15) is 48.2 Å². The van der Waals surface area contributed by atoms with E-state index >= 15 is 0 Å². The summed E-state index contributed by atoms with van der Waals surface area (Å²) in [7, 11) is 1.60. The van der Waals surface area contributed by atoms with Crippen LogP contribution in [0.4, 0.5) is 16.3 Å². The zero-order chi connectivity index (χ0) is 29.7. The van der Waals surface area contributed by atoms with Gasteiger partial charge in [-0.3, -0.25) is 4.79 Å². The number of hydrogen-bond acceptors (Lipinski definition) is 7. The van der Waals surface area contributed by atoms with Crippen LogP contribution in [0.2, 0.25) is 10.0 Å². The van der Waals surface area contributed by atoms with E-state index in [0.717, 1.165) is 10.5 Å². The van der Waals surface area contributed by atoms with Crippen LogP contribution in [-0.4, -0.2) is 59.1 Å². The normalized spacial score (nSPS) is 20.6. The zero-order valence-electron chi connectivity index (χ0n) is 22.9. The van der Waals surface area contributed by atoms with E-state index in [-0.39, 0.29) is 12.2 Å². The number of urea groups is 1. The topological polar surface area (TPSA) is 107 Å². The quantitative estimate of drug-likeness (QED) is 0.285. The number of esters is 1. The number of ether oxygens (including phenoxy) is 1. The molecule has 11 heteroatoms. The molecule has 0 aliphatic carbocycles. The van der Waals surface area contributed by atoms with Crippen LogP contribution in [0.5, 0.6) is 0 Å². The first-order chi connectivity index (χ1) is 19.3. The van der Waals surface area contributed by atoms with Gasteiger partial charge in [0.05, 0.1) is 29.4 Å². The Bertz CT molecular complexity index is 1560. The van der Waals surface area contributed by atoms with Gasteiger partial charge in [-0.05, 0) is 68.8 Å². The number of carbonyl (C=O) groups is 3. The number of halogens is 2. The predicted molar refractivity (Wildman–Crippen MR) is 155 cm³/mol. The van der Waals surface area contributed by atoms with Crippen molar-refractivity contribution in [3.05, 3.63) is 87.5 Å². The maximum Gasteiger partial charge on any atom is 0.340 e. The number of benzene rings is 2. The molecule has 0 radical (unpaired) electrons. The van der Waals surface area contributed by atoms with Gasteiger partial charge in [-0.2, -0.15) is 5.26 Å². The van der Waals surface area contributed by atoms with Crippen molar-refractivity contribution in [1.82, 2.24) is 9.88 Å². The highest BCUT2D eigenvalue weighted by molar-refractivity contribution is 6.36. The van der Waals surface area contributed by atoms with E-state index in [1.807, 2.05) is 4.90 Å². The number of rotatable bonds is 4. The number of carbonyl (C=O) groups excluding carboxylic acids is 3. The van der Waals surface area contributed by atoms with Crippen molar-refractivity contribution in [2.24, 2.45) is 0 Å². The van der Waals surface area contributed by atoms with Gasteiger partial charge in [-0.25, -0.2) is 19.5 Å². The Kier molecular flexibility index (Phi) is 7.18. The molecule has 0 saturated carbocycles. The van der Waals surface area contributed by atoms with E-state index < -0.39 is 35.0 Å². The zero-order valence-corrected chi connectivity index (χ0v) is 24.4. The lowest BCUT2D eigenvalue weighted by Gasteiger charge is -2.33. The Morgan fingerprint density at radius 2 is 1.73 bits per heavy atom. The summed E-state index contributed by atoms with van der Waals surface area (Å²) < 4.78 is 5.44. The lowest BCUT2D eigenvalue weighted by molar-refractivity contribution is -0.124. The molecule has 1 aromatic heterocycles. The SMILES string of the molecule is CN1C(=O)N(c2cc(Cl)cc(Cl)c2)C(=O)[C@]12CN(c1ccc(C(=O)OC(C)(C)C)cn1)C[C@@H]2c1ccc(C#N)cc1. The number of pyridine rings is 1. The molecule has 3 aromatic rings. The van der Waals surface area contributed by atoms with Crippen LogP contribution in [0.15, 0.2) is 60.8 Å². The minimum Gasteiger partial charge on any atom is -0.456 e. The fourth-order valence-corrected chi connectivity index (χ4v) is 5.93. The molecule has 210 valence electrons. The third-order valence-corrected chi connectivity index (χ3v) is 7.75. The van der Waals surface area contributed by atoms with Crippen LogP contribution >= 0.6 is 23.2 Å². The molecule has 0 unspecified atom stereocenters. The molecule has 2 atom stereocenters. The maximum atomic E-state index is 14.4. The summed E-state index contributed by atoms with van der Waals surface area (Å²) in [5, 5.41) is 9.89. The van der Waals surface area contributed by atoms with Crippen molar-refractivity contribution in [2.75, 3.05) is 29.9 Å². The second kappa shape index (κ2) is 10.4. The molecule has 2 fully saturated rings. The summed E-state index contributed by atoms with van der Waals surface area (Å²) in [6.45, 7) is 5.85. The first kappa shape index (κ1) is 28.4. The molecule has 9 nitrogen and oxygen atoms in total. The summed E-state index contributed by atoms with van der Waals surface area (Å²) in [6, 6.07) is 16.5. The minimum absolute atomic E-state index is 0.141. The van der Waals surface area contributed by atoms with Crippen molar-refractivity contribution in [3.8, 4) is 6.07 Å². The van der Waals surface area contributed by atoms with Gasteiger partial charge in [-0.1, -0.05) is 35.3 Å². The largest absolute Gasteiger partial charge is 0.456 e. The third-order valence-electron chi connectivity index (χ3n) is 7.32. The summed E-state index contributed by atoms with van der Waals surface area (Å²) in [5.41, 5.74) is -0.103. The molecule has 3 heterocycles. The fraction of sp³-hybridized carbons (Fsp3) is 0.300. The average Bonchev–Trinajstić information content (AvgIpc) is 3.40. The Labute approximate surface area is 247 Å². The smallest absolute Gasteiger partial charge is 0.340 e. The Morgan fingerprint density at radius 1 is 1.07 bits per heavy atom. The number of nitriles is 1. The summed E-state index contributed by atoms with van der Waals surface area (Å²) >= 11 is 12.4. The first-order valence-corrected chi connectivity index (χ1v) is 13.6. The number of likely N-dealkylation sites (N-methyl/N-ethyl adjacent to an activating group) is 1. The highest BCUT2D eigenvalue weighted by Gasteiger charge is 2.64. The van der Waals surface area contributed by atoms with Gasteiger partial charge in [0, 0.05) is 35.8 Å². The van der Waals surface area contributed by atoms with E-state index in [1.165, 1.54) is 29.3 Å². The van der Waals surface area contributed by atoms with Crippen molar-refractivity contribution in [1.29, 1.82) is 5.26 Å². The molecule has 1 spiro atoms. The van der Waals surface area contributed by atoms with E-state index in [2.05, 4.69) is 11.1 Å². The number of anilines is 2. The van der Waals surface area contributed by atoms with Gasteiger partial charge < -0.3 is 14.5 Å². The predicted octanol–water partition coefficient (Wildman–Crippen LogP) is 5.66. The van der Waals surface area contributed by atoms with Crippen molar-refractivity contribution >= 4 is 52.6 Å². The fourth-order valence-electron chi connectivity index (χ4n) is 5.41. The molecule has 5 rings (SSSR count). The maximum absolute atomic E-state index is 14.4. The van der Waals surface area contributed by atoms with E-state index in [4.69, 9.17) is 27.9 Å². The standard InChI is InChI=1S/C30H27Cl2N5O4/c1-29(2,3)41-26(38)20-9-10-25(34-15-20)36-16-24(19-7-5-18(14-33)6-8-19)30(17-36)27(39)37(28(40)35(30)4)23-12-21(31)11-22(32)13-23/h5-13,15,24H,16-17H2,1-4H3/t24-,30-/m1/s1. The Morgan fingerprint density at radius 3 is 2.29 bits per heavy atom. The van der Waals surface area contributed by atoms with Crippen LogP contribution in [-0.2, 0) is 9.53 Å². The first-order valence-electron chi connectivity index (χ1n) is 12.9. The molecule has 2 aliphatic rings. The molecular formula is C30H27Cl2N5O4. The highest BCUT2D eigenvalue weighted by atomic mass is 35.5. The number of aromatic nitrogens is 1. The van der Waals surface area contributed by atoms with Gasteiger partial charge >= 0.3 is 12.0 Å². The van der Waals surface area contributed by atoms with Gasteiger partial charge in [-0.15, -0.1) is 0 Å². The average molecular weight is 592 g/mol. The molecule has 41 heavy (non-hydrogen) atoms. The van der Waals surface area contributed by atoms with Crippen LogP contribution in [0, 0.1) is 11.3 Å². The van der Waals surface area contributed by atoms with Gasteiger partial charge in [0.2, 0.25) is 0 Å². The van der Waals surface area contributed by atoms with Crippen molar-refractivity contribution < 1.29 is 19.1 Å². The Balaban J connectivity index is 1.55. The summed E-state index contributed by atoms with van der Waals surface area (Å²) in [4.78, 5) is 49.5. The van der Waals surface area contributed by atoms with Crippen molar-refractivity contribution in [2.45, 2.75) is 37.8 Å². The Hall–Kier alpha value is -4.13. The molecule has 2 aromatic carbocycles. The minimum atomic E-state index is -1.30. The second-order valence-electron chi connectivity index (χ2n) is 11.1. The number of nitrogens with zero attached hydrogens (tertiary/aromatic N) is 5. The molecule has 0 bridgehead atoms. The van der Waals surface area contributed by atoms with Gasteiger partial charge in [0.15, 0.2) is 0 Å². The molecular weight excluding hydrogens is 565 g/mol. The molecule has 0 N–H and O–H groups in total. The summed E-state index contributed by atoms with van der Waals surface area (Å²) in [5.74, 6) is -0.850. The second-order valence-corrected chi connectivity index (χ2v) is 12.0. The molecule has 3 amide bonds. The van der Waals surface area contributed by atoms with Crippen molar-refractivity contribution in [3.63, 3.8) is 0 Å². The van der Waals surface area contributed by atoms with Gasteiger partial charge in [0.25, 0.3) is 5.91 Å². The monoisotopic (exact) mass is 591 g/mol. The van der Waals surface area contributed by atoms with E-state index in [9.17, 15) is 19.6 Å². The number of amides is 3. The number of imide groups is 1. The molecule has 2 aliphatic heterocycles. The highest BCUT2D eigenvalue weighted by Crippen LogP contribution is 2.47. The van der Waals surface area contributed by atoms with Gasteiger partial charge in [0.1, 0.15) is 17.0 Å². The van der Waals surface area contributed by atoms with E-state index in [0.29, 0.717) is 33.5 Å². The van der Waals surface area contributed by atoms with Crippen LogP contribution in [0.25, 0.3) is 0 Å². The van der Waals surface area contributed by atoms with Crippen LogP contribution in [0.3, 0.4) is 0 Å². The third kappa shape index (κ3) is 5.09. The lowest BCUT2D eigenvalue weighted by Crippen LogP contribution is -2.53. The molecule has 2 saturated heterocycles.